The van der Waals surface area contributed by atoms with E-state index in [1.54, 1.807) is 5.57 Å². The summed E-state index contributed by atoms with van der Waals surface area (Å²) in [7, 11) is 1.87. The van der Waals surface area contributed by atoms with Gasteiger partial charge in [0, 0.05) is 10.5 Å². The molecule has 3 heteroatoms. The Labute approximate surface area is 107 Å². The van der Waals surface area contributed by atoms with Gasteiger partial charge in [-0.15, -0.1) is 0 Å². The molecule has 17 heavy (non-hydrogen) atoms. The van der Waals surface area contributed by atoms with Gasteiger partial charge in [-0.2, -0.15) is 0 Å². The molecule has 3 aliphatic rings. The van der Waals surface area contributed by atoms with Crippen LogP contribution < -0.4 is 0 Å². The molecule has 1 nitrogen and oxygen atoms in total. The summed E-state index contributed by atoms with van der Waals surface area (Å²) in [6.07, 6.45) is 5.68. The van der Waals surface area contributed by atoms with Crippen molar-refractivity contribution in [2.45, 2.75) is 19.3 Å². The Morgan fingerprint density at radius 2 is 2.00 bits per heavy atom. The molecule has 2 aliphatic heterocycles. The first-order chi connectivity index (χ1) is 8.43. The molecule has 1 atom stereocenters. The molecule has 1 aromatic rings. The Morgan fingerprint density at radius 3 is 2.88 bits per heavy atom. The first-order valence-electron chi connectivity index (χ1n) is 5.88. The molecule has 86 valence electrons. The standard InChI is InChI=1S/C14H12OS2/c1-2-5-10(6-3-1)13-12-8-4-7-11-9-15-17(16-13)14(11)12/h1-3,5-6,9H,4,7-8H2. The van der Waals surface area contributed by atoms with Gasteiger partial charge in [0.15, 0.2) is 0 Å². The summed E-state index contributed by atoms with van der Waals surface area (Å²) in [5, 5.41) is 0. The minimum atomic E-state index is -0.0406. The molecule has 0 bridgehead atoms. The summed E-state index contributed by atoms with van der Waals surface area (Å²) in [6, 6.07) is 10.7. The van der Waals surface area contributed by atoms with Crippen LogP contribution in [-0.2, 0) is 4.18 Å². The topological polar surface area (TPSA) is 9.23 Å². The molecule has 1 fully saturated rings. The predicted molar refractivity (Wildman–Crippen MR) is 76.6 cm³/mol. The lowest BCUT2D eigenvalue weighted by Gasteiger charge is -2.16. The van der Waals surface area contributed by atoms with Crippen molar-refractivity contribution in [3.05, 3.63) is 53.3 Å². The highest BCUT2D eigenvalue weighted by molar-refractivity contribution is 8.86. The SMILES string of the molecule is C1=C2CCCC3=C(c4ccccc4)SS(=C23)O1. The minimum Gasteiger partial charge on any atom is -0.430 e. The van der Waals surface area contributed by atoms with E-state index in [2.05, 4.69) is 30.3 Å². The molecule has 1 aromatic carbocycles. The van der Waals surface area contributed by atoms with E-state index in [0.717, 1.165) is 0 Å². The molecule has 1 aliphatic carbocycles. The van der Waals surface area contributed by atoms with Crippen LogP contribution in [-0.4, -0.2) is 4.86 Å². The monoisotopic (exact) mass is 260 g/mol. The molecule has 2 heterocycles. The van der Waals surface area contributed by atoms with Gasteiger partial charge in [-0.3, -0.25) is 0 Å². The van der Waals surface area contributed by atoms with E-state index in [9.17, 15) is 0 Å². The fraction of sp³-hybridized carbons (Fsp3) is 0.214. The molecule has 0 amide bonds. The average molecular weight is 260 g/mol. The highest BCUT2D eigenvalue weighted by Crippen LogP contribution is 2.59. The van der Waals surface area contributed by atoms with Gasteiger partial charge in [0.05, 0.1) is 14.7 Å². The van der Waals surface area contributed by atoms with Gasteiger partial charge >= 0.3 is 0 Å². The van der Waals surface area contributed by atoms with E-state index in [4.69, 9.17) is 4.18 Å². The molecular weight excluding hydrogens is 248 g/mol. The normalized spacial score (nSPS) is 25.8. The summed E-state index contributed by atoms with van der Waals surface area (Å²) in [5.74, 6) is 0. The van der Waals surface area contributed by atoms with Gasteiger partial charge in [0.2, 0.25) is 0 Å². The Hall–Kier alpha value is -0.930. The molecule has 0 N–H and O–H groups in total. The maximum Gasteiger partial charge on any atom is 0.106 e. The van der Waals surface area contributed by atoms with Crippen molar-refractivity contribution in [3.63, 3.8) is 0 Å². The van der Waals surface area contributed by atoms with E-state index in [0.29, 0.717) is 0 Å². The third-order valence-corrected chi connectivity index (χ3v) is 6.96. The first kappa shape index (κ1) is 10.0. The quantitative estimate of drug-likeness (QED) is 0.542. The van der Waals surface area contributed by atoms with E-state index in [1.807, 2.05) is 17.1 Å². The van der Waals surface area contributed by atoms with Crippen LogP contribution in [0.1, 0.15) is 24.8 Å². The Morgan fingerprint density at radius 1 is 1.12 bits per heavy atom. The minimum absolute atomic E-state index is 0.0406. The Kier molecular flexibility index (Phi) is 2.24. The highest BCUT2D eigenvalue weighted by Gasteiger charge is 2.34. The Balaban J connectivity index is 1.85. The zero-order valence-electron chi connectivity index (χ0n) is 9.31. The fourth-order valence-corrected chi connectivity index (χ4v) is 6.66. The van der Waals surface area contributed by atoms with Gasteiger partial charge in [-0.1, -0.05) is 30.3 Å². The van der Waals surface area contributed by atoms with Crippen LogP contribution in [0.15, 0.2) is 47.7 Å². The third-order valence-electron chi connectivity index (χ3n) is 3.35. The second kappa shape index (κ2) is 3.79. The van der Waals surface area contributed by atoms with Gasteiger partial charge in [0.1, 0.15) is 6.26 Å². The first-order valence-corrected chi connectivity index (χ1v) is 8.37. The molecule has 1 saturated carbocycles. The lowest BCUT2D eigenvalue weighted by Crippen LogP contribution is -2.09. The van der Waals surface area contributed by atoms with Crippen LogP contribution in [0.3, 0.4) is 0 Å². The van der Waals surface area contributed by atoms with Crippen molar-refractivity contribution in [2.24, 2.45) is 0 Å². The van der Waals surface area contributed by atoms with E-state index in [-0.39, 0.29) is 9.80 Å². The zero-order chi connectivity index (χ0) is 11.2. The van der Waals surface area contributed by atoms with Crippen molar-refractivity contribution < 1.29 is 4.18 Å². The van der Waals surface area contributed by atoms with Gasteiger partial charge in [0.25, 0.3) is 0 Å². The molecule has 0 saturated heterocycles. The van der Waals surface area contributed by atoms with Crippen molar-refractivity contribution in [1.82, 2.24) is 0 Å². The second-order valence-corrected chi connectivity index (χ2v) is 7.47. The third kappa shape index (κ3) is 1.45. The maximum absolute atomic E-state index is 5.79. The average Bonchev–Trinajstić information content (AvgIpc) is 2.97. The summed E-state index contributed by atoms with van der Waals surface area (Å²) in [4.78, 5) is 2.97. The van der Waals surface area contributed by atoms with Crippen molar-refractivity contribution in [2.75, 3.05) is 0 Å². The highest BCUT2D eigenvalue weighted by atomic mass is 33.1. The lowest BCUT2D eigenvalue weighted by atomic mass is 9.89. The summed E-state index contributed by atoms with van der Waals surface area (Å²) >= 11 is 0. The molecule has 0 radical (unpaired) electrons. The lowest BCUT2D eigenvalue weighted by molar-refractivity contribution is 0.569. The van der Waals surface area contributed by atoms with Crippen LogP contribution in [0.2, 0.25) is 0 Å². The van der Waals surface area contributed by atoms with E-state index >= 15 is 0 Å². The predicted octanol–water partition coefficient (Wildman–Crippen LogP) is 4.51. The van der Waals surface area contributed by atoms with Crippen LogP contribution in [0.4, 0.5) is 0 Å². The smallest absolute Gasteiger partial charge is 0.106 e. The molecular formula is C14H12OS2. The van der Waals surface area contributed by atoms with Crippen LogP contribution in [0.5, 0.6) is 0 Å². The largest absolute Gasteiger partial charge is 0.430 e. The van der Waals surface area contributed by atoms with Crippen molar-refractivity contribution in [3.8, 4) is 0 Å². The fourth-order valence-electron chi connectivity index (χ4n) is 2.56. The molecule has 0 aromatic heterocycles. The van der Waals surface area contributed by atoms with Crippen molar-refractivity contribution in [1.29, 1.82) is 0 Å². The van der Waals surface area contributed by atoms with Crippen LogP contribution >= 0.6 is 20.6 Å². The maximum atomic E-state index is 5.79. The summed E-state index contributed by atoms with van der Waals surface area (Å²) in [6.45, 7) is 0. The number of hydrogen-bond donors (Lipinski definition) is 0. The van der Waals surface area contributed by atoms with Crippen molar-refractivity contribution >= 4 is 30.4 Å². The van der Waals surface area contributed by atoms with Gasteiger partial charge < -0.3 is 4.18 Å². The summed E-state index contributed by atoms with van der Waals surface area (Å²) in [5.41, 5.74) is 4.36. The molecule has 0 spiro atoms. The zero-order valence-corrected chi connectivity index (χ0v) is 10.9. The molecule has 1 unspecified atom stereocenters. The summed E-state index contributed by atoms with van der Waals surface area (Å²) < 4.78 is 5.79. The van der Waals surface area contributed by atoms with Gasteiger partial charge in [-0.25, -0.2) is 0 Å². The number of hydrogen-bond acceptors (Lipinski definition) is 2. The van der Waals surface area contributed by atoms with Crippen LogP contribution in [0, 0.1) is 0 Å². The molecule has 4 rings (SSSR count). The second-order valence-electron chi connectivity index (χ2n) is 4.41. The number of rotatable bonds is 1. The van der Waals surface area contributed by atoms with Crippen LogP contribution in [0.25, 0.3) is 4.91 Å². The van der Waals surface area contributed by atoms with Gasteiger partial charge in [-0.05, 0) is 41.2 Å². The number of benzene rings is 1. The van der Waals surface area contributed by atoms with E-state index < -0.39 is 0 Å². The Bertz CT molecular complexity index is 581. The van der Waals surface area contributed by atoms with E-state index in [1.165, 1.54) is 40.2 Å². The number of allylic oxidation sites excluding steroid dienone is 2.